The van der Waals surface area contributed by atoms with Crippen molar-refractivity contribution in [2.45, 2.75) is 18.9 Å². The molecule has 0 saturated carbocycles. The maximum atomic E-state index is 13.9. The number of hydrogen-bond acceptors (Lipinski definition) is 2. The maximum absolute atomic E-state index is 13.9. The van der Waals surface area contributed by atoms with Crippen molar-refractivity contribution in [1.82, 2.24) is 0 Å². The summed E-state index contributed by atoms with van der Waals surface area (Å²) in [5.41, 5.74) is -0.440. The first-order valence-corrected chi connectivity index (χ1v) is 6.23. The Bertz CT molecular complexity index is 568. The van der Waals surface area contributed by atoms with Crippen LogP contribution in [0.5, 0.6) is 5.75 Å². The summed E-state index contributed by atoms with van der Waals surface area (Å²) in [4.78, 5) is 0. The lowest BCUT2D eigenvalue weighted by Crippen LogP contribution is -2.27. The molecule has 0 saturated heterocycles. The average molecular weight is 260 g/mol. The van der Waals surface area contributed by atoms with Crippen molar-refractivity contribution in [3.8, 4) is 5.75 Å². The molecular weight excluding hydrogens is 243 g/mol. The second-order valence-corrected chi connectivity index (χ2v) is 4.43. The van der Waals surface area contributed by atoms with Gasteiger partial charge in [-0.25, -0.2) is 4.39 Å². The van der Waals surface area contributed by atoms with Crippen LogP contribution in [-0.2, 0) is 5.60 Å². The molecule has 19 heavy (non-hydrogen) atoms. The molecular formula is C16H17FO2. The van der Waals surface area contributed by atoms with Crippen LogP contribution in [0.25, 0.3) is 0 Å². The minimum absolute atomic E-state index is 0.283. The minimum atomic E-state index is -1.35. The average Bonchev–Trinajstić information content (AvgIpc) is 2.47. The molecule has 0 aliphatic carbocycles. The van der Waals surface area contributed by atoms with Crippen molar-refractivity contribution in [3.63, 3.8) is 0 Å². The Kier molecular flexibility index (Phi) is 3.86. The Morgan fingerprint density at radius 2 is 1.89 bits per heavy atom. The molecule has 0 aliphatic rings. The number of rotatable bonds is 4. The topological polar surface area (TPSA) is 29.5 Å². The van der Waals surface area contributed by atoms with Crippen LogP contribution in [-0.4, -0.2) is 12.2 Å². The molecule has 2 aromatic carbocycles. The second-order valence-electron chi connectivity index (χ2n) is 4.43. The van der Waals surface area contributed by atoms with Crippen molar-refractivity contribution in [2.75, 3.05) is 7.11 Å². The van der Waals surface area contributed by atoms with Gasteiger partial charge < -0.3 is 9.84 Å². The van der Waals surface area contributed by atoms with Gasteiger partial charge in [0.2, 0.25) is 0 Å². The fourth-order valence-corrected chi connectivity index (χ4v) is 2.23. The van der Waals surface area contributed by atoms with Gasteiger partial charge >= 0.3 is 0 Å². The molecule has 100 valence electrons. The van der Waals surface area contributed by atoms with Crippen molar-refractivity contribution in [3.05, 3.63) is 65.5 Å². The van der Waals surface area contributed by atoms with Gasteiger partial charge in [0.25, 0.3) is 0 Å². The Hall–Kier alpha value is -1.87. The number of benzene rings is 2. The molecule has 0 amide bonds. The van der Waals surface area contributed by atoms with E-state index in [4.69, 9.17) is 4.74 Å². The zero-order chi connectivity index (χ0) is 13.9. The molecule has 2 nitrogen and oxygen atoms in total. The zero-order valence-corrected chi connectivity index (χ0v) is 11.1. The largest absolute Gasteiger partial charge is 0.497 e. The number of hydrogen-bond donors (Lipinski definition) is 1. The highest BCUT2D eigenvalue weighted by molar-refractivity contribution is 5.40. The van der Waals surface area contributed by atoms with Crippen molar-refractivity contribution >= 4 is 0 Å². The molecule has 0 fully saturated rings. The number of methoxy groups -OCH3 is 1. The molecule has 0 aromatic heterocycles. The van der Waals surface area contributed by atoms with E-state index in [-0.39, 0.29) is 5.56 Å². The van der Waals surface area contributed by atoms with Gasteiger partial charge in [0, 0.05) is 5.56 Å². The summed E-state index contributed by atoms with van der Waals surface area (Å²) in [6.45, 7) is 1.83. The molecule has 1 atom stereocenters. The van der Waals surface area contributed by atoms with Gasteiger partial charge in [-0.1, -0.05) is 37.3 Å². The summed E-state index contributed by atoms with van der Waals surface area (Å²) in [5.74, 6) is 0.232. The molecule has 0 spiro atoms. The van der Waals surface area contributed by atoms with E-state index in [1.165, 1.54) is 6.07 Å². The Morgan fingerprint density at radius 3 is 2.53 bits per heavy atom. The van der Waals surface area contributed by atoms with Gasteiger partial charge in [-0.15, -0.1) is 0 Å². The number of ether oxygens (including phenoxy) is 1. The van der Waals surface area contributed by atoms with Crippen LogP contribution in [0, 0.1) is 5.82 Å². The highest BCUT2D eigenvalue weighted by Crippen LogP contribution is 2.35. The molecule has 0 radical (unpaired) electrons. The third-order valence-electron chi connectivity index (χ3n) is 3.38. The standard InChI is InChI=1S/C16H17FO2/c1-3-16(18,14-9-4-5-10-15(14)17)12-7-6-8-13(11-12)19-2/h4-11,18H,3H2,1-2H3. The molecule has 0 bridgehead atoms. The van der Waals surface area contributed by atoms with Crippen LogP contribution in [0.1, 0.15) is 24.5 Å². The summed E-state index contributed by atoms with van der Waals surface area (Å²) in [6.07, 6.45) is 0.376. The Morgan fingerprint density at radius 1 is 1.16 bits per heavy atom. The van der Waals surface area contributed by atoms with E-state index in [9.17, 15) is 9.50 Å². The first kappa shape index (κ1) is 13.6. The summed E-state index contributed by atoms with van der Waals surface area (Å²) in [5, 5.41) is 10.9. The summed E-state index contributed by atoms with van der Waals surface area (Å²) in [6, 6.07) is 13.4. The Labute approximate surface area is 112 Å². The molecule has 1 unspecified atom stereocenters. The van der Waals surface area contributed by atoms with E-state index in [1.807, 2.05) is 6.92 Å². The van der Waals surface area contributed by atoms with Crippen LogP contribution in [0.3, 0.4) is 0 Å². The molecule has 1 N–H and O–H groups in total. The highest BCUT2D eigenvalue weighted by atomic mass is 19.1. The van der Waals surface area contributed by atoms with Gasteiger partial charge in [0.1, 0.15) is 17.2 Å². The molecule has 2 rings (SSSR count). The van der Waals surface area contributed by atoms with Crippen LogP contribution in [0.15, 0.2) is 48.5 Å². The van der Waals surface area contributed by atoms with E-state index < -0.39 is 11.4 Å². The first-order chi connectivity index (χ1) is 9.11. The van der Waals surface area contributed by atoms with Gasteiger partial charge in [0.15, 0.2) is 0 Å². The lowest BCUT2D eigenvalue weighted by atomic mass is 9.84. The zero-order valence-electron chi connectivity index (χ0n) is 11.1. The van der Waals surface area contributed by atoms with Gasteiger partial charge in [-0.3, -0.25) is 0 Å². The van der Waals surface area contributed by atoms with Crippen LogP contribution in [0.4, 0.5) is 4.39 Å². The summed E-state index contributed by atoms with van der Waals surface area (Å²) >= 11 is 0. The van der Waals surface area contributed by atoms with Crippen LogP contribution in [0.2, 0.25) is 0 Å². The monoisotopic (exact) mass is 260 g/mol. The van der Waals surface area contributed by atoms with E-state index in [2.05, 4.69) is 0 Å². The fourth-order valence-electron chi connectivity index (χ4n) is 2.23. The SMILES string of the molecule is CCC(O)(c1cccc(OC)c1)c1ccccc1F. The fraction of sp³-hybridized carbons (Fsp3) is 0.250. The lowest BCUT2D eigenvalue weighted by Gasteiger charge is -2.28. The predicted molar refractivity (Wildman–Crippen MR) is 72.7 cm³/mol. The lowest BCUT2D eigenvalue weighted by molar-refractivity contribution is 0.0723. The smallest absolute Gasteiger partial charge is 0.129 e. The quantitative estimate of drug-likeness (QED) is 0.912. The van der Waals surface area contributed by atoms with E-state index in [0.29, 0.717) is 17.7 Å². The van der Waals surface area contributed by atoms with Gasteiger partial charge in [-0.2, -0.15) is 0 Å². The first-order valence-electron chi connectivity index (χ1n) is 6.23. The van der Waals surface area contributed by atoms with E-state index in [1.54, 1.807) is 49.6 Å². The summed E-state index contributed by atoms with van der Waals surface area (Å²) < 4.78 is 19.1. The molecule has 0 heterocycles. The second kappa shape index (κ2) is 5.41. The molecule has 0 aliphatic heterocycles. The van der Waals surface area contributed by atoms with Crippen molar-refractivity contribution in [2.24, 2.45) is 0 Å². The normalized spacial score (nSPS) is 13.9. The molecule has 2 aromatic rings. The number of halogens is 1. The Balaban J connectivity index is 2.56. The van der Waals surface area contributed by atoms with Crippen LogP contribution < -0.4 is 4.74 Å². The maximum Gasteiger partial charge on any atom is 0.129 e. The van der Waals surface area contributed by atoms with Crippen molar-refractivity contribution in [1.29, 1.82) is 0 Å². The van der Waals surface area contributed by atoms with Gasteiger partial charge in [0.05, 0.1) is 7.11 Å². The van der Waals surface area contributed by atoms with Crippen molar-refractivity contribution < 1.29 is 14.2 Å². The highest BCUT2D eigenvalue weighted by Gasteiger charge is 2.32. The van der Waals surface area contributed by atoms with E-state index in [0.717, 1.165) is 0 Å². The third kappa shape index (κ3) is 2.47. The minimum Gasteiger partial charge on any atom is -0.497 e. The van der Waals surface area contributed by atoms with Crippen LogP contribution >= 0.6 is 0 Å². The summed E-state index contributed by atoms with van der Waals surface area (Å²) in [7, 11) is 1.56. The third-order valence-corrected chi connectivity index (χ3v) is 3.38. The predicted octanol–water partition coefficient (Wildman–Crippen LogP) is 3.48. The molecule has 3 heteroatoms. The van der Waals surface area contributed by atoms with Gasteiger partial charge in [-0.05, 0) is 30.2 Å². The van der Waals surface area contributed by atoms with E-state index >= 15 is 0 Å². The number of aliphatic hydroxyl groups is 1.